The van der Waals surface area contributed by atoms with Crippen LogP contribution in [0.3, 0.4) is 0 Å². The van der Waals surface area contributed by atoms with Crippen LogP contribution in [0.4, 0.5) is 0 Å². The van der Waals surface area contributed by atoms with Gasteiger partial charge in [0, 0.05) is 26.7 Å². The lowest BCUT2D eigenvalue weighted by Crippen LogP contribution is -2.39. The standard InChI is InChI=1S/C11H23N3O.HI/c1-3-15-9-8-14-11(12-2)13-7-6-10-4-5-10;/h10H,3-9H2,1-2H3,(H2,12,13,14);1H. The Morgan fingerprint density at radius 3 is 2.56 bits per heavy atom. The quantitative estimate of drug-likeness (QED) is 0.320. The highest BCUT2D eigenvalue weighted by atomic mass is 127. The van der Waals surface area contributed by atoms with Crippen molar-refractivity contribution in [1.82, 2.24) is 10.6 Å². The smallest absolute Gasteiger partial charge is 0.191 e. The molecule has 96 valence electrons. The number of rotatable bonds is 7. The summed E-state index contributed by atoms with van der Waals surface area (Å²) in [7, 11) is 1.80. The van der Waals surface area contributed by atoms with E-state index in [2.05, 4.69) is 15.6 Å². The van der Waals surface area contributed by atoms with E-state index < -0.39 is 0 Å². The summed E-state index contributed by atoms with van der Waals surface area (Å²) in [5, 5.41) is 6.51. The fourth-order valence-electron chi connectivity index (χ4n) is 1.41. The summed E-state index contributed by atoms with van der Waals surface area (Å²) in [5.41, 5.74) is 0. The second-order valence-corrected chi connectivity index (χ2v) is 3.85. The molecule has 0 amide bonds. The van der Waals surface area contributed by atoms with Crippen LogP contribution in [0.2, 0.25) is 0 Å². The molecular formula is C11H24IN3O. The predicted octanol–water partition coefficient (Wildman–Crippen LogP) is 1.61. The van der Waals surface area contributed by atoms with Gasteiger partial charge in [0.1, 0.15) is 0 Å². The Morgan fingerprint density at radius 1 is 1.31 bits per heavy atom. The monoisotopic (exact) mass is 341 g/mol. The first-order valence-corrected chi connectivity index (χ1v) is 5.89. The Bertz CT molecular complexity index is 196. The summed E-state index contributed by atoms with van der Waals surface area (Å²) in [4.78, 5) is 4.14. The molecule has 4 nitrogen and oxygen atoms in total. The van der Waals surface area contributed by atoms with E-state index >= 15 is 0 Å². The molecule has 0 saturated heterocycles. The molecule has 0 aromatic heterocycles. The maximum absolute atomic E-state index is 5.24. The topological polar surface area (TPSA) is 45.6 Å². The van der Waals surface area contributed by atoms with E-state index in [0.29, 0.717) is 0 Å². The number of hydrogen-bond donors (Lipinski definition) is 2. The molecule has 0 radical (unpaired) electrons. The normalized spacial score (nSPS) is 15.5. The Balaban J connectivity index is 0.00000225. The molecule has 0 aliphatic heterocycles. The van der Waals surface area contributed by atoms with Gasteiger partial charge in [-0.05, 0) is 19.3 Å². The van der Waals surface area contributed by atoms with Gasteiger partial charge in [0.15, 0.2) is 5.96 Å². The van der Waals surface area contributed by atoms with Gasteiger partial charge in [-0.1, -0.05) is 12.8 Å². The lowest BCUT2D eigenvalue weighted by atomic mass is 10.3. The second kappa shape index (κ2) is 10.1. The van der Waals surface area contributed by atoms with Crippen LogP contribution in [0, 0.1) is 5.92 Å². The van der Waals surface area contributed by atoms with Crippen molar-refractivity contribution in [3.63, 3.8) is 0 Å². The Labute approximate surface area is 116 Å². The molecule has 0 bridgehead atoms. The van der Waals surface area contributed by atoms with Gasteiger partial charge in [0.05, 0.1) is 6.61 Å². The van der Waals surface area contributed by atoms with Crippen molar-refractivity contribution in [2.45, 2.75) is 26.2 Å². The van der Waals surface area contributed by atoms with Crippen molar-refractivity contribution in [1.29, 1.82) is 0 Å². The van der Waals surface area contributed by atoms with E-state index in [-0.39, 0.29) is 24.0 Å². The van der Waals surface area contributed by atoms with Gasteiger partial charge in [0.2, 0.25) is 0 Å². The minimum Gasteiger partial charge on any atom is -0.380 e. The summed E-state index contributed by atoms with van der Waals surface area (Å²) in [5.74, 6) is 1.86. The SMILES string of the molecule is CCOCCNC(=NC)NCCC1CC1.I. The number of hydrogen-bond acceptors (Lipinski definition) is 2. The molecule has 16 heavy (non-hydrogen) atoms. The zero-order valence-electron chi connectivity index (χ0n) is 10.3. The molecule has 2 N–H and O–H groups in total. The van der Waals surface area contributed by atoms with Crippen LogP contribution in [0.15, 0.2) is 4.99 Å². The highest BCUT2D eigenvalue weighted by molar-refractivity contribution is 14.0. The maximum Gasteiger partial charge on any atom is 0.191 e. The van der Waals surface area contributed by atoms with Gasteiger partial charge >= 0.3 is 0 Å². The van der Waals surface area contributed by atoms with E-state index in [0.717, 1.165) is 38.2 Å². The average molecular weight is 341 g/mol. The molecule has 5 heteroatoms. The first-order valence-electron chi connectivity index (χ1n) is 5.89. The molecule has 1 aliphatic rings. The van der Waals surface area contributed by atoms with Crippen LogP contribution >= 0.6 is 24.0 Å². The van der Waals surface area contributed by atoms with Crippen LogP contribution in [0.25, 0.3) is 0 Å². The minimum absolute atomic E-state index is 0. The molecule has 1 rings (SSSR count). The Hall–Kier alpha value is -0.0400. The second-order valence-electron chi connectivity index (χ2n) is 3.85. The number of guanidine groups is 1. The van der Waals surface area contributed by atoms with Gasteiger partial charge in [-0.3, -0.25) is 4.99 Å². The summed E-state index contributed by atoms with van der Waals surface area (Å²) in [6.45, 7) is 5.35. The lowest BCUT2D eigenvalue weighted by molar-refractivity contribution is 0.152. The Morgan fingerprint density at radius 2 is 2.00 bits per heavy atom. The summed E-state index contributed by atoms with van der Waals surface area (Å²) in [6.07, 6.45) is 4.10. The van der Waals surface area contributed by atoms with Crippen molar-refractivity contribution in [2.24, 2.45) is 10.9 Å². The number of aliphatic imine (C=N–C) groups is 1. The number of halogens is 1. The fraction of sp³-hybridized carbons (Fsp3) is 0.909. The van der Waals surface area contributed by atoms with Crippen molar-refractivity contribution in [3.05, 3.63) is 0 Å². The molecule has 0 aromatic rings. The zero-order chi connectivity index (χ0) is 10.9. The van der Waals surface area contributed by atoms with Crippen LogP contribution in [-0.2, 0) is 4.74 Å². The highest BCUT2D eigenvalue weighted by Gasteiger charge is 2.20. The van der Waals surface area contributed by atoms with E-state index in [1.807, 2.05) is 6.92 Å². The molecular weight excluding hydrogens is 317 g/mol. The maximum atomic E-state index is 5.24. The first-order chi connectivity index (χ1) is 7.36. The number of ether oxygens (including phenoxy) is 1. The molecule has 0 aromatic carbocycles. The van der Waals surface area contributed by atoms with Crippen molar-refractivity contribution in [3.8, 4) is 0 Å². The van der Waals surface area contributed by atoms with Gasteiger partial charge in [-0.15, -0.1) is 24.0 Å². The van der Waals surface area contributed by atoms with Gasteiger partial charge < -0.3 is 15.4 Å². The molecule has 0 unspecified atom stereocenters. The molecule has 0 atom stereocenters. The van der Waals surface area contributed by atoms with E-state index in [1.54, 1.807) is 7.05 Å². The Kier molecular flexibility index (Phi) is 10.1. The third-order valence-electron chi connectivity index (χ3n) is 2.51. The molecule has 0 spiro atoms. The van der Waals surface area contributed by atoms with E-state index in [9.17, 15) is 0 Å². The van der Waals surface area contributed by atoms with Crippen molar-refractivity contribution < 1.29 is 4.74 Å². The molecule has 1 saturated carbocycles. The summed E-state index contributed by atoms with van der Waals surface area (Å²) in [6, 6.07) is 0. The third kappa shape index (κ3) is 8.15. The van der Waals surface area contributed by atoms with Crippen LogP contribution in [0.5, 0.6) is 0 Å². The minimum atomic E-state index is 0. The van der Waals surface area contributed by atoms with Crippen molar-refractivity contribution in [2.75, 3.05) is 33.4 Å². The largest absolute Gasteiger partial charge is 0.380 e. The predicted molar refractivity (Wildman–Crippen MR) is 78.6 cm³/mol. The van der Waals surface area contributed by atoms with Crippen LogP contribution in [-0.4, -0.2) is 39.3 Å². The molecule has 1 aliphatic carbocycles. The molecule has 0 heterocycles. The number of nitrogens with one attached hydrogen (secondary N) is 2. The van der Waals surface area contributed by atoms with Gasteiger partial charge in [0.25, 0.3) is 0 Å². The third-order valence-corrected chi connectivity index (χ3v) is 2.51. The fourth-order valence-corrected chi connectivity index (χ4v) is 1.41. The summed E-state index contributed by atoms with van der Waals surface area (Å²) < 4.78 is 5.24. The lowest BCUT2D eigenvalue weighted by Gasteiger charge is -2.11. The van der Waals surface area contributed by atoms with Gasteiger partial charge in [-0.2, -0.15) is 0 Å². The van der Waals surface area contributed by atoms with Gasteiger partial charge in [-0.25, -0.2) is 0 Å². The highest BCUT2D eigenvalue weighted by Crippen LogP contribution is 2.31. The average Bonchev–Trinajstić information content (AvgIpc) is 3.05. The van der Waals surface area contributed by atoms with E-state index in [1.165, 1.54) is 19.3 Å². The molecule has 1 fully saturated rings. The van der Waals surface area contributed by atoms with Crippen LogP contribution < -0.4 is 10.6 Å². The van der Waals surface area contributed by atoms with Crippen LogP contribution in [0.1, 0.15) is 26.2 Å². The van der Waals surface area contributed by atoms with E-state index in [4.69, 9.17) is 4.74 Å². The first kappa shape index (κ1) is 16.0. The zero-order valence-corrected chi connectivity index (χ0v) is 12.6. The van der Waals surface area contributed by atoms with Crippen molar-refractivity contribution >= 4 is 29.9 Å². The number of nitrogens with zero attached hydrogens (tertiary/aromatic N) is 1. The summed E-state index contributed by atoms with van der Waals surface area (Å²) >= 11 is 0.